The molecule has 1 atom stereocenters. The summed E-state index contributed by atoms with van der Waals surface area (Å²) in [6, 6.07) is 12.5. The smallest absolute Gasteiger partial charge is 0.260 e. The summed E-state index contributed by atoms with van der Waals surface area (Å²) in [5.74, 6) is 3.99. The Bertz CT molecular complexity index is 1070. The van der Waals surface area contributed by atoms with Crippen molar-refractivity contribution in [2.24, 2.45) is 10.7 Å². The van der Waals surface area contributed by atoms with E-state index in [2.05, 4.69) is 16.1 Å². The van der Waals surface area contributed by atoms with E-state index >= 15 is 0 Å². The summed E-state index contributed by atoms with van der Waals surface area (Å²) >= 11 is 5.97. The lowest BCUT2D eigenvalue weighted by molar-refractivity contribution is 0.127. The normalized spacial score (nSPS) is 12.3. The van der Waals surface area contributed by atoms with Crippen LogP contribution in [0.25, 0.3) is 11.1 Å². The molecule has 7 nitrogen and oxygen atoms in total. The van der Waals surface area contributed by atoms with Crippen LogP contribution in [-0.4, -0.2) is 31.8 Å². The maximum Gasteiger partial charge on any atom is 0.260 e. The van der Waals surface area contributed by atoms with Crippen LogP contribution in [0.5, 0.6) is 11.5 Å². The van der Waals surface area contributed by atoms with E-state index in [1.54, 1.807) is 56.8 Å². The Morgan fingerprint density at radius 2 is 1.93 bits per heavy atom. The average molecular weight is 426 g/mol. The molecule has 2 N–H and O–H groups in total. The van der Waals surface area contributed by atoms with E-state index in [-0.39, 0.29) is 18.3 Å². The summed E-state index contributed by atoms with van der Waals surface area (Å²) in [5.41, 5.74) is 8.41. The zero-order chi connectivity index (χ0) is 21.5. The Balaban J connectivity index is 1.97. The molecule has 2 aromatic carbocycles. The molecule has 1 aromatic heterocycles. The quantitative estimate of drug-likeness (QED) is 0.327. The van der Waals surface area contributed by atoms with Crippen LogP contribution in [0.1, 0.15) is 11.7 Å². The molecule has 8 heteroatoms. The van der Waals surface area contributed by atoms with Crippen molar-refractivity contribution in [3.63, 3.8) is 0 Å². The van der Waals surface area contributed by atoms with Gasteiger partial charge in [-0.1, -0.05) is 40.9 Å². The van der Waals surface area contributed by atoms with Gasteiger partial charge >= 0.3 is 0 Å². The average Bonchev–Trinajstić information content (AvgIpc) is 3.22. The number of benzene rings is 2. The second kappa shape index (κ2) is 9.83. The van der Waals surface area contributed by atoms with Gasteiger partial charge in [-0.25, -0.2) is 0 Å². The lowest BCUT2D eigenvalue weighted by Crippen LogP contribution is -2.24. The topological polar surface area (TPSA) is 92.1 Å². The van der Waals surface area contributed by atoms with Crippen LogP contribution >= 0.6 is 11.6 Å². The maximum absolute atomic E-state index is 6.26. The fraction of sp³-hybridized carbons (Fsp3) is 0.182. The van der Waals surface area contributed by atoms with Gasteiger partial charge in [0, 0.05) is 5.02 Å². The second-order valence-corrected chi connectivity index (χ2v) is 6.53. The van der Waals surface area contributed by atoms with E-state index in [1.165, 1.54) is 0 Å². The number of aliphatic imine (C=N–C) groups is 1. The van der Waals surface area contributed by atoms with Gasteiger partial charge in [0.2, 0.25) is 0 Å². The molecule has 3 rings (SSSR count). The van der Waals surface area contributed by atoms with Crippen molar-refractivity contribution in [2.45, 2.75) is 6.10 Å². The van der Waals surface area contributed by atoms with Crippen LogP contribution in [0, 0.1) is 12.3 Å². The van der Waals surface area contributed by atoms with Crippen LogP contribution < -0.4 is 15.2 Å². The van der Waals surface area contributed by atoms with Gasteiger partial charge in [0.1, 0.15) is 18.5 Å². The van der Waals surface area contributed by atoms with Gasteiger partial charge in [-0.15, -0.1) is 6.42 Å². The summed E-state index contributed by atoms with van der Waals surface area (Å²) in [4.78, 5) is 4.41. The number of terminal acetylenes is 1. The number of halogens is 1. The van der Waals surface area contributed by atoms with Crippen molar-refractivity contribution < 1.29 is 18.7 Å². The Hall–Kier alpha value is -3.47. The number of methoxy groups -OCH3 is 2. The number of rotatable bonds is 8. The minimum absolute atomic E-state index is 0.0580. The summed E-state index contributed by atoms with van der Waals surface area (Å²) in [7, 11) is 3.13. The molecule has 0 amide bonds. The zero-order valence-electron chi connectivity index (χ0n) is 16.5. The van der Waals surface area contributed by atoms with Gasteiger partial charge < -0.3 is 24.5 Å². The van der Waals surface area contributed by atoms with Gasteiger partial charge in [-0.05, 0) is 35.4 Å². The van der Waals surface area contributed by atoms with Crippen molar-refractivity contribution in [2.75, 3.05) is 20.8 Å². The first-order valence-electron chi connectivity index (χ1n) is 8.89. The fourth-order valence-corrected chi connectivity index (χ4v) is 2.94. The minimum Gasteiger partial charge on any atom is -0.493 e. The molecule has 1 heterocycles. The van der Waals surface area contributed by atoms with E-state index in [9.17, 15) is 0 Å². The molecule has 0 spiro atoms. The fourth-order valence-electron chi connectivity index (χ4n) is 2.81. The molecule has 30 heavy (non-hydrogen) atoms. The van der Waals surface area contributed by atoms with E-state index in [0.29, 0.717) is 22.1 Å². The van der Waals surface area contributed by atoms with Crippen LogP contribution in [0.15, 0.2) is 58.2 Å². The number of ether oxygens (including phenoxy) is 3. The molecule has 0 saturated carbocycles. The third kappa shape index (κ3) is 4.74. The Labute approximate surface area is 179 Å². The SMILES string of the molecule is C#CCOC(C(N)=Nc1oncc1-c1ccc(OC)c(OC)c1)c1ccc(Cl)cc1. The van der Waals surface area contributed by atoms with Gasteiger partial charge in [-0.3, -0.25) is 0 Å². The Morgan fingerprint density at radius 3 is 2.60 bits per heavy atom. The molecule has 154 valence electrons. The summed E-state index contributed by atoms with van der Waals surface area (Å²) in [5, 5.41) is 4.45. The number of aromatic nitrogens is 1. The zero-order valence-corrected chi connectivity index (χ0v) is 17.2. The molecule has 0 aliphatic heterocycles. The largest absolute Gasteiger partial charge is 0.493 e. The molecular formula is C22H20ClN3O4. The molecule has 0 bridgehead atoms. The van der Waals surface area contributed by atoms with Crippen LogP contribution in [0.3, 0.4) is 0 Å². The van der Waals surface area contributed by atoms with E-state index in [0.717, 1.165) is 11.1 Å². The van der Waals surface area contributed by atoms with E-state index in [4.69, 9.17) is 42.5 Å². The van der Waals surface area contributed by atoms with Crippen LogP contribution in [0.2, 0.25) is 5.02 Å². The molecule has 0 fully saturated rings. The van der Waals surface area contributed by atoms with Gasteiger partial charge in [0.25, 0.3) is 5.88 Å². The first-order chi connectivity index (χ1) is 14.6. The summed E-state index contributed by atoms with van der Waals surface area (Å²) in [6.07, 6.45) is 6.21. The van der Waals surface area contributed by atoms with Crippen molar-refractivity contribution in [1.82, 2.24) is 5.16 Å². The van der Waals surface area contributed by atoms with Crippen molar-refractivity contribution in [1.29, 1.82) is 0 Å². The number of nitrogens with zero attached hydrogens (tertiary/aromatic N) is 2. The number of amidine groups is 1. The first kappa shape index (κ1) is 21.2. The molecule has 0 radical (unpaired) electrons. The number of nitrogens with two attached hydrogens (primary N) is 1. The first-order valence-corrected chi connectivity index (χ1v) is 9.26. The number of hydrogen-bond donors (Lipinski definition) is 1. The van der Waals surface area contributed by atoms with Crippen LogP contribution in [-0.2, 0) is 4.74 Å². The highest BCUT2D eigenvalue weighted by molar-refractivity contribution is 6.30. The molecule has 1 unspecified atom stereocenters. The standard InChI is InChI=1S/C22H20ClN3O4/c1-4-11-29-20(14-5-8-16(23)9-6-14)21(24)26-22-17(13-25-30-22)15-7-10-18(27-2)19(12-15)28-3/h1,5-10,12-13,20H,11H2,2-3H3,(H2,24,26). The summed E-state index contributed by atoms with van der Waals surface area (Å²) < 4.78 is 21.7. The number of hydrogen-bond acceptors (Lipinski definition) is 6. The third-order valence-corrected chi connectivity index (χ3v) is 4.50. The third-order valence-electron chi connectivity index (χ3n) is 4.25. The minimum atomic E-state index is -0.679. The molecule has 0 saturated heterocycles. The predicted octanol–water partition coefficient (Wildman–Crippen LogP) is 4.39. The highest BCUT2D eigenvalue weighted by Gasteiger charge is 2.19. The highest BCUT2D eigenvalue weighted by Crippen LogP contribution is 2.36. The monoisotopic (exact) mass is 425 g/mol. The Morgan fingerprint density at radius 1 is 1.20 bits per heavy atom. The Kier molecular flexibility index (Phi) is 6.96. The van der Waals surface area contributed by atoms with E-state index < -0.39 is 6.10 Å². The van der Waals surface area contributed by atoms with Crippen LogP contribution in [0.4, 0.5) is 5.88 Å². The molecule has 0 aliphatic rings. The molecule has 0 aliphatic carbocycles. The second-order valence-electron chi connectivity index (χ2n) is 6.10. The van der Waals surface area contributed by atoms with Crippen molar-refractivity contribution in [3.05, 3.63) is 59.2 Å². The van der Waals surface area contributed by atoms with Crippen molar-refractivity contribution >= 4 is 23.3 Å². The van der Waals surface area contributed by atoms with Gasteiger partial charge in [-0.2, -0.15) is 4.99 Å². The van der Waals surface area contributed by atoms with Gasteiger partial charge in [0.05, 0.1) is 26.0 Å². The maximum atomic E-state index is 6.26. The predicted molar refractivity (Wildman–Crippen MR) is 115 cm³/mol. The highest BCUT2D eigenvalue weighted by atomic mass is 35.5. The lowest BCUT2D eigenvalue weighted by Gasteiger charge is -2.16. The molecular weight excluding hydrogens is 406 g/mol. The lowest BCUT2D eigenvalue weighted by atomic mass is 10.1. The van der Waals surface area contributed by atoms with Crippen molar-refractivity contribution in [3.8, 4) is 35.0 Å². The van der Waals surface area contributed by atoms with E-state index in [1.807, 2.05) is 6.07 Å². The molecule has 3 aromatic rings. The van der Waals surface area contributed by atoms with Gasteiger partial charge in [0.15, 0.2) is 11.5 Å². The summed E-state index contributed by atoms with van der Waals surface area (Å²) in [6.45, 7) is 0.0580.